The Labute approximate surface area is 102 Å². The van der Waals surface area contributed by atoms with E-state index in [1.165, 1.54) is 58.2 Å². The van der Waals surface area contributed by atoms with Crippen molar-refractivity contribution in [2.75, 3.05) is 19.6 Å². The van der Waals surface area contributed by atoms with E-state index in [9.17, 15) is 0 Å². The maximum atomic E-state index is 3.51. The lowest BCUT2D eigenvalue weighted by atomic mass is 9.98. The zero-order chi connectivity index (χ0) is 11.8. The van der Waals surface area contributed by atoms with Gasteiger partial charge in [0.2, 0.25) is 0 Å². The maximum absolute atomic E-state index is 3.51. The van der Waals surface area contributed by atoms with Gasteiger partial charge in [-0.05, 0) is 45.3 Å². The highest BCUT2D eigenvalue weighted by molar-refractivity contribution is 4.76. The first-order chi connectivity index (χ1) is 7.74. The van der Waals surface area contributed by atoms with Crippen molar-refractivity contribution in [3.05, 3.63) is 0 Å². The summed E-state index contributed by atoms with van der Waals surface area (Å²) in [4.78, 5) is 2.73. The van der Waals surface area contributed by atoms with Gasteiger partial charge in [-0.15, -0.1) is 0 Å². The van der Waals surface area contributed by atoms with Crippen molar-refractivity contribution < 1.29 is 0 Å². The fourth-order valence-electron chi connectivity index (χ4n) is 2.69. The smallest absolute Gasteiger partial charge is 0.00951 e. The molecule has 0 saturated carbocycles. The van der Waals surface area contributed by atoms with Crippen LogP contribution in [-0.4, -0.2) is 36.6 Å². The van der Waals surface area contributed by atoms with E-state index in [1.807, 2.05) is 0 Å². The number of nitrogens with zero attached hydrogens (tertiary/aromatic N) is 1. The first-order valence-corrected chi connectivity index (χ1v) is 7.21. The monoisotopic (exact) mass is 226 g/mol. The molecule has 1 rings (SSSR count). The summed E-state index contributed by atoms with van der Waals surface area (Å²) in [5.41, 5.74) is 0. The normalized spacial score (nSPS) is 22.9. The average molecular weight is 226 g/mol. The molecule has 1 N–H and O–H groups in total. The van der Waals surface area contributed by atoms with Gasteiger partial charge >= 0.3 is 0 Å². The summed E-state index contributed by atoms with van der Waals surface area (Å²) in [5.74, 6) is 0. The minimum absolute atomic E-state index is 0.632. The summed E-state index contributed by atoms with van der Waals surface area (Å²) in [6.45, 7) is 10.6. The lowest BCUT2D eigenvalue weighted by Crippen LogP contribution is -2.41. The van der Waals surface area contributed by atoms with E-state index in [4.69, 9.17) is 0 Å². The second-order valence-electron chi connectivity index (χ2n) is 5.44. The Bertz CT molecular complexity index is 166. The van der Waals surface area contributed by atoms with Gasteiger partial charge in [-0.1, -0.05) is 33.6 Å². The Kier molecular flexibility index (Phi) is 7.06. The van der Waals surface area contributed by atoms with Gasteiger partial charge < -0.3 is 10.2 Å². The molecular weight excluding hydrogens is 196 g/mol. The molecule has 96 valence electrons. The van der Waals surface area contributed by atoms with Gasteiger partial charge in [0.15, 0.2) is 0 Å². The standard InChI is InChI=1S/C14H30N2/c1-4-8-14-9-5-6-11-16(14)12-7-10-15-13(2)3/h13-15H,4-12H2,1-3H3. The Balaban J connectivity index is 2.16. The van der Waals surface area contributed by atoms with Crippen LogP contribution in [0.1, 0.15) is 59.3 Å². The molecule has 1 unspecified atom stereocenters. The van der Waals surface area contributed by atoms with Crippen molar-refractivity contribution in [2.24, 2.45) is 0 Å². The lowest BCUT2D eigenvalue weighted by Gasteiger charge is -2.35. The van der Waals surface area contributed by atoms with Crippen molar-refractivity contribution in [3.8, 4) is 0 Å². The summed E-state index contributed by atoms with van der Waals surface area (Å²) in [6, 6.07) is 1.52. The number of hydrogen-bond donors (Lipinski definition) is 1. The summed E-state index contributed by atoms with van der Waals surface area (Å²) in [5, 5.41) is 3.51. The maximum Gasteiger partial charge on any atom is 0.00951 e. The molecule has 1 heterocycles. The van der Waals surface area contributed by atoms with Crippen LogP contribution in [0.15, 0.2) is 0 Å². The summed E-state index contributed by atoms with van der Waals surface area (Å²) < 4.78 is 0. The van der Waals surface area contributed by atoms with E-state index in [-0.39, 0.29) is 0 Å². The van der Waals surface area contributed by atoms with E-state index < -0.39 is 0 Å². The zero-order valence-electron chi connectivity index (χ0n) is 11.5. The number of nitrogens with one attached hydrogen (secondary N) is 1. The molecule has 0 spiro atoms. The molecule has 2 nitrogen and oxygen atoms in total. The van der Waals surface area contributed by atoms with E-state index in [2.05, 4.69) is 31.0 Å². The summed E-state index contributed by atoms with van der Waals surface area (Å²) >= 11 is 0. The molecule has 0 aromatic heterocycles. The zero-order valence-corrected chi connectivity index (χ0v) is 11.5. The average Bonchev–Trinajstić information content (AvgIpc) is 2.26. The molecule has 16 heavy (non-hydrogen) atoms. The van der Waals surface area contributed by atoms with E-state index >= 15 is 0 Å². The van der Waals surface area contributed by atoms with Crippen LogP contribution in [0, 0.1) is 0 Å². The third kappa shape index (κ3) is 5.31. The fourth-order valence-corrected chi connectivity index (χ4v) is 2.69. The van der Waals surface area contributed by atoms with Crippen LogP contribution in [0.4, 0.5) is 0 Å². The first-order valence-electron chi connectivity index (χ1n) is 7.21. The molecule has 1 saturated heterocycles. The molecule has 2 heteroatoms. The molecule has 0 radical (unpaired) electrons. The Morgan fingerprint density at radius 2 is 2.12 bits per heavy atom. The van der Waals surface area contributed by atoms with Crippen molar-refractivity contribution in [1.29, 1.82) is 0 Å². The second-order valence-corrected chi connectivity index (χ2v) is 5.44. The Morgan fingerprint density at radius 3 is 2.81 bits per heavy atom. The first kappa shape index (κ1) is 14.0. The van der Waals surface area contributed by atoms with E-state index in [1.54, 1.807) is 0 Å². The van der Waals surface area contributed by atoms with Crippen LogP contribution in [0.5, 0.6) is 0 Å². The molecule has 1 aliphatic rings. The minimum atomic E-state index is 0.632. The molecule has 0 aliphatic carbocycles. The van der Waals surface area contributed by atoms with Gasteiger partial charge in [-0.3, -0.25) is 0 Å². The van der Waals surface area contributed by atoms with Gasteiger partial charge in [0, 0.05) is 12.1 Å². The number of hydrogen-bond acceptors (Lipinski definition) is 2. The minimum Gasteiger partial charge on any atom is -0.314 e. The number of likely N-dealkylation sites (tertiary alicyclic amines) is 1. The van der Waals surface area contributed by atoms with E-state index in [0.29, 0.717) is 6.04 Å². The molecule has 0 bridgehead atoms. The predicted molar refractivity (Wildman–Crippen MR) is 71.9 cm³/mol. The van der Waals surface area contributed by atoms with Crippen LogP contribution in [-0.2, 0) is 0 Å². The van der Waals surface area contributed by atoms with Crippen LogP contribution in [0.3, 0.4) is 0 Å². The molecular formula is C14H30N2. The molecule has 1 fully saturated rings. The quantitative estimate of drug-likeness (QED) is 0.671. The lowest BCUT2D eigenvalue weighted by molar-refractivity contribution is 0.137. The molecule has 1 atom stereocenters. The van der Waals surface area contributed by atoms with Crippen molar-refractivity contribution in [1.82, 2.24) is 10.2 Å². The largest absolute Gasteiger partial charge is 0.314 e. The Morgan fingerprint density at radius 1 is 1.31 bits per heavy atom. The summed E-state index contributed by atoms with van der Waals surface area (Å²) in [6.07, 6.45) is 8.34. The topological polar surface area (TPSA) is 15.3 Å². The van der Waals surface area contributed by atoms with Crippen molar-refractivity contribution in [3.63, 3.8) is 0 Å². The van der Waals surface area contributed by atoms with Crippen molar-refractivity contribution in [2.45, 2.75) is 71.4 Å². The molecule has 0 amide bonds. The number of piperidine rings is 1. The van der Waals surface area contributed by atoms with Gasteiger partial charge in [-0.25, -0.2) is 0 Å². The molecule has 1 aliphatic heterocycles. The van der Waals surface area contributed by atoms with Gasteiger partial charge in [0.25, 0.3) is 0 Å². The predicted octanol–water partition coefficient (Wildman–Crippen LogP) is 3.03. The van der Waals surface area contributed by atoms with Crippen LogP contribution < -0.4 is 5.32 Å². The van der Waals surface area contributed by atoms with Crippen LogP contribution >= 0.6 is 0 Å². The van der Waals surface area contributed by atoms with Crippen LogP contribution in [0.25, 0.3) is 0 Å². The highest BCUT2D eigenvalue weighted by atomic mass is 15.2. The van der Waals surface area contributed by atoms with Crippen molar-refractivity contribution >= 4 is 0 Å². The third-order valence-corrected chi connectivity index (χ3v) is 3.55. The van der Waals surface area contributed by atoms with Gasteiger partial charge in [0.1, 0.15) is 0 Å². The SMILES string of the molecule is CCCC1CCCCN1CCCNC(C)C. The van der Waals surface area contributed by atoms with Gasteiger partial charge in [-0.2, -0.15) is 0 Å². The molecule has 0 aromatic rings. The Hall–Kier alpha value is -0.0800. The van der Waals surface area contributed by atoms with Gasteiger partial charge in [0.05, 0.1) is 0 Å². The third-order valence-electron chi connectivity index (χ3n) is 3.55. The highest BCUT2D eigenvalue weighted by Gasteiger charge is 2.20. The molecule has 0 aromatic carbocycles. The fraction of sp³-hybridized carbons (Fsp3) is 1.00. The van der Waals surface area contributed by atoms with Crippen LogP contribution in [0.2, 0.25) is 0 Å². The van der Waals surface area contributed by atoms with E-state index in [0.717, 1.165) is 6.04 Å². The number of rotatable bonds is 7. The second kappa shape index (κ2) is 8.08. The summed E-state index contributed by atoms with van der Waals surface area (Å²) in [7, 11) is 0. The highest BCUT2D eigenvalue weighted by Crippen LogP contribution is 2.20.